The summed E-state index contributed by atoms with van der Waals surface area (Å²) in [6.45, 7) is 0. The third kappa shape index (κ3) is 1.73. The molecule has 108 valence electrons. The molecule has 4 nitrogen and oxygen atoms in total. The molecule has 4 atom stereocenters. The maximum absolute atomic E-state index is 12.6. The van der Waals surface area contributed by atoms with Crippen LogP contribution in [-0.4, -0.2) is 23.7 Å². The van der Waals surface area contributed by atoms with Crippen molar-refractivity contribution in [1.29, 1.82) is 0 Å². The lowest BCUT2D eigenvalue weighted by atomic mass is 9.84. The summed E-state index contributed by atoms with van der Waals surface area (Å²) in [5.41, 5.74) is 1.22. The van der Waals surface area contributed by atoms with E-state index in [0.29, 0.717) is 11.4 Å². The number of hydrogen-bond acceptors (Lipinski definition) is 4. The van der Waals surface area contributed by atoms with Crippen LogP contribution in [-0.2, 0) is 9.59 Å². The fourth-order valence-corrected chi connectivity index (χ4v) is 4.51. The molecule has 20 heavy (non-hydrogen) atoms. The molecule has 4 heteroatoms. The first-order valence-electron chi connectivity index (χ1n) is 8.11. The van der Waals surface area contributed by atoms with Crippen LogP contribution in [0.5, 0.6) is 0 Å². The van der Waals surface area contributed by atoms with E-state index in [1.54, 1.807) is 0 Å². The summed E-state index contributed by atoms with van der Waals surface area (Å²) in [6.07, 6.45) is 8.76. The minimum Gasteiger partial charge on any atom is -0.377 e. The topological polar surface area (TPSA) is 58.2 Å². The number of carbonyl (C=O) groups excluding carboxylic acids is 2. The lowest BCUT2D eigenvalue weighted by molar-refractivity contribution is -0.120. The molecule has 4 aliphatic rings. The number of rotatable bonds is 0. The van der Waals surface area contributed by atoms with Gasteiger partial charge in [-0.25, -0.2) is 0 Å². The fourth-order valence-electron chi connectivity index (χ4n) is 4.51. The van der Waals surface area contributed by atoms with Crippen LogP contribution in [0.3, 0.4) is 0 Å². The number of hydrogen-bond donors (Lipinski definition) is 2. The molecule has 0 spiro atoms. The van der Waals surface area contributed by atoms with Crippen LogP contribution >= 0.6 is 0 Å². The Bertz CT molecular complexity index is 453. The van der Waals surface area contributed by atoms with Crippen LogP contribution < -0.4 is 10.6 Å². The van der Waals surface area contributed by atoms with Gasteiger partial charge in [-0.2, -0.15) is 0 Å². The van der Waals surface area contributed by atoms with Gasteiger partial charge >= 0.3 is 0 Å². The highest BCUT2D eigenvalue weighted by molar-refractivity contribution is 6.10. The number of allylic oxidation sites excluding steroid dienone is 2. The molecular formula is C16H22N2O2. The quantitative estimate of drug-likeness (QED) is 0.660. The van der Waals surface area contributed by atoms with E-state index in [0.717, 1.165) is 38.5 Å². The van der Waals surface area contributed by atoms with Gasteiger partial charge in [-0.05, 0) is 25.7 Å². The van der Waals surface area contributed by atoms with Crippen molar-refractivity contribution in [2.75, 3.05) is 0 Å². The first kappa shape index (κ1) is 12.4. The van der Waals surface area contributed by atoms with Crippen molar-refractivity contribution in [3.8, 4) is 0 Å². The minimum absolute atomic E-state index is 0.114. The lowest BCUT2D eigenvalue weighted by Crippen LogP contribution is -2.31. The maximum Gasteiger partial charge on any atom is 0.186 e. The summed E-state index contributed by atoms with van der Waals surface area (Å²) in [4.78, 5) is 25.1. The average molecular weight is 274 g/mol. The Morgan fingerprint density at radius 1 is 0.650 bits per heavy atom. The molecule has 0 bridgehead atoms. The fraction of sp³-hybridized carbons (Fsp3) is 0.750. The van der Waals surface area contributed by atoms with Gasteiger partial charge in [0.1, 0.15) is 11.4 Å². The van der Waals surface area contributed by atoms with Gasteiger partial charge in [0.25, 0.3) is 0 Å². The number of nitrogens with one attached hydrogen (secondary N) is 2. The van der Waals surface area contributed by atoms with Crippen molar-refractivity contribution in [2.45, 2.75) is 63.5 Å². The van der Waals surface area contributed by atoms with E-state index in [1.807, 2.05) is 0 Å². The summed E-state index contributed by atoms with van der Waals surface area (Å²) in [6, 6.07) is 0.548. The molecule has 0 aromatic rings. The molecule has 2 heterocycles. The number of ketones is 2. The SMILES string of the molecule is O=C1/C(=C2\NC3CCCCC3C2=O)NC2CCCCC12. The summed E-state index contributed by atoms with van der Waals surface area (Å²) in [5, 5.41) is 6.74. The monoisotopic (exact) mass is 274 g/mol. The molecule has 4 rings (SSSR count). The second kappa shape index (κ2) is 4.61. The van der Waals surface area contributed by atoms with E-state index >= 15 is 0 Å². The first-order chi connectivity index (χ1) is 9.75. The van der Waals surface area contributed by atoms with Crippen molar-refractivity contribution in [3.05, 3.63) is 11.4 Å². The predicted octanol–water partition coefficient (Wildman–Crippen LogP) is 1.66. The minimum atomic E-state index is 0.114. The Kier molecular flexibility index (Phi) is 2.86. The van der Waals surface area contributed by atoms with Crippen molar-refractivity contribution >= 4 is 11.6 Å². The van der Waals surface area contributed by atoms with Crippen LogP contribution in [0.2, 0.25) is 0 Å². The van der Waals surface area contributed by atoms with Gasteiger partial charge in [0.2, 0.25) is 0 Å². The van der Waals surface area contributed by atoms with Crippen molar-refractivity contribution in [2.24, 2.45) is 11.8 Å². The smallest absolute Gasteiger partial charge is 0.186 e. The summed E-state index contributed by atoms with van der Waals surface area (Å²) < 4.78 is 0. The third-order valence-electron chi connectivity index (χ3n) is 5.61. The van der Waals surface area contributed by atoms with Crippen molar-refractivity contribution < 1.29 is 9.59 Å². The number of fused-ring (bicyclic) bond motifs is 2. The zero-order valence-electron chi connectivity index (χ0n) is 11.8. The summed E-state index contributed by atoms with van der Waals surface area (Å²) >= 11 is 0. The van der Waals surface area contributed by atoms with Crippen molar-refractivity contribution in [1.82, 2.24) is 10.6 Å². The molecule has 2 aliphatic carbocycles. The van der Waals surface area contributed by atoms with Gasteiger partial charge in [-0.3, -0.25) is 9.59 Å². The zero-order valence-corrected chi connectivity index (χ0v) is 11.8. The predicted molar refractivity (Wildman–Crippen MR) is 74.8 cm³/mol. The summed E-state index contributed by atoms with van der Waals surface area (Å²) in [5.74, 6) is 0.598. The van der Waals surface area contributed by atoms with Gasteiger partial charge in [0.05, 0.1) is 0 Å². The van der Waals surface area contributed by atoms with Gasteiger partial charge in [-0.15, -0.1) is 0 Å². The Balaban J connectivity index is 1.65. The lowest BCUT2D eigenvalue weighted by Gasteiger charge is -2.22. The highest BCUT2D eigenvalue weighted by atomic mass is 16.1. The van der Waals surface area contributed by atoms with E-state index in [-0.39, 0.29) is 35.5 Å². The van der Waals surface area contributed by atoms with Crippen LogP contribution in [0.25, 0.3) is 0 Å². The van der Waals surface area contributed by atoms with Gasteiger partial charge in [0.15, 0.2) is 11.6 Å². The van der Waals surface area contributed by atoms with E-state index < -0.39 is 0 Å². The van der Waals surface area contributed by atoms with Crippen LogP contribution in [0.4, 0.5) is 0 Å². The molecule has 2 saturated carbocycles. The van der Waals surface area contributed by atoms with Crippen LogP contribution in [0.15, 0.2) is 11.4 Å². The van der Waals surface area contributed by atoms with Crippen molar-refractivity contribution in [3.63, 3.8) is 0 Å². The largest absolute Gasteiger partial charge is 0.377 e. The molecule has 2 saturated heterocycles. The van der Waals surface area contributed by atoms with E-state index in [4.69, 9.17) is 0 Å². The molecule has 4 fully saturated rings. The Morgan fingerprint density at radius 3 is 1.45 bits per heavy atom. The van der Waals surface area contributed by atoms with Gasteiger partial charge in [0, 0.05) is 23.9 Å². The van der Waals surface area contributed by atoms with E-state index in [1.165, 1.54) is 12.8 Å². The molecule has 0 radical (unpaired) electrons. The normalized spacial score (nSPS) is 43.8. The molecule has 0 aromatic heterocycles. The Morgan fingerprint density at radius 2 is 1.05 bits per heavy atom. The van der Waals surface area contributed by atoms with E-state index in [9.17, 15) is 9.59 Å². The second-order valence-electron chi connectivity index (χ2n) is 6.76. The number of carbonyl (C=O) groups is 2. The molecule has 2 aliphatic heterocycles. The highest BCUT2D eigenvalue weighted by Gasteiger charge is 2.46. The first-order valence-corrected chi connectivity index (χ1v) is 8.11. The average Bonchev–Trinajstić information content (AvgIpc) is 2.98. The molecule has 4 unspecified atom stereocenters. The van der Waals surface area contributed by atoms with Gasteiger partial charge in [-0.1, -0.05) is 25.7 Å². The standard InChI is InChI=1S/C16H22N2O2/c19-15-9-5-1-3-7-11(9)17-13(15)14-16(20)10-6-2-4-8-12(10)18-14/h9-12,17-18H,1-8H2/b14-13+. The van der Waals surface area contributed by atoms with Gasteiger partial charge < -0.3 is 10.6 Å². The molecule has 0 aromatic carbocycles. The van der Waals surface area contributed by atoms with Crippen LogP contribution in [0, 0.1) is 11.8 Å². The van der Waals surface area contributed by atoms with E-state index in [2.05, 4.69) is 10.6 Å². The Labute approximate surface area is 119 Å². The summed E-state index contributed by atoms with van der Waals surface area (Å²) in [7, 11) is 0. The zero-order chi connectivity index (χ0) is 13.7. The Hall–Kier alpha value is -1.32. The molecule has 2 N–H and O–H groups in total. The highest BCUT2D eigenvalue weighted by Crippen LogP contribution is 2.37. The number of Topliss-reactive ketones (excluding diaryl/α,β-unsaturated/α-hetero) is 2. The maximum atomic E-state index is 12.6. The van der Waals surface area contributed by atoms with Crippen LogP contribution in [0.1, 0.15) is 51.4 Å². The molecule has 0 amide bonds. The molecular weight excluding hydrogens is 252 g/mol. The second-order valence-corrected chi connectivity index (χ2v) is 6.76. The third-order valence-corrected chi connectivity index (χ3v) is 5.61.